The number of hydrogen-bond acceptors (Lipinski definition) is 4. The summed E-state index contributed by atoms with van der Waals surface area (Å²) in [5.41, 5.74) is -1.28. The van der Waals surface area contributed by atoms with Gasteiger partial charge in [0.1, 0.15) is 5.54 Å². The third-order valence-corrected chi connectivity index (χ3v) is 8.20. The molecule has 3 fully saturated rings. The molecule has 0 bridgehead atoms. The number of carboxylic acid groups (broad SMARTS) is 1. The van der Waals surface area contributed by atoms with Crippen LogP contribution in [-0.2, 0) is 14.4 Å². The summed E-state index contributed by atoms with van der Waals surface area (Å²) in [6.07, 6.45) is 5.66. The quantitative estimate of drug-likeness (QED) is 0.645. The molecule has 4 atom stereocenters. The Kier molecular flexibility index (Phi) is 5.55. The normalized spacial score (nSPS) is 30.2. The Labute approximate surface area is 200 Å². The van der Waals surface area contributed by atoms with Crippen LogP contribution < -0.4 is 5.32 Å². The summed E-state index contributed by atoms with van der Waals surface area (Å²) >= 11 is 0. The van der Waals surface area contributed by atoms with Crippen LogP contribution in [0.1, 0.15) is 70.9 Å². The van der Waals surface area contributed by atoms with Crippen molar-refractivity contribution in [2.75, 3.05) is 0 Å². The molecule has 0 spiro atoms. The zero-order chi connectivity index (χ0) is 24.3. The second-order valence-electron chi connectivity index (χ2n) is 11.4. The number of nitrogens with zero attached hydrogens (tertiary/aromatic N) is 1. The van der Waals surface area contributed by atoms with E-state index in [1.165, 1.54) is 11.3 Å². The van der Waals surface area contributed by atoms with Crippen molar-refractivity contribution >= 4 is 28.6 Å². The van der Waals surface area contributed by atoms with Crippen molar-refractivity contribution < 1.29 is 19.5 Å². The van der Waals surface area contributed by atoms with E-state index in [-0.39, 0.29) is 17.7 Å². The van der Waals surface area contributed by atoms with Gasteiger partial charge in [-0.15, -0.1) is 0 Å². The second kappa shape index (κ2) is 8.19. The molecule has 34 heavy (non-hydrogen) atoms. The summed E-state index contributed by atoms with van der Waals surface area (Å²) in [4.78, 5) is 42.1. The molecule has 2 aliphatic heterocycles. The van der Waals surface area contributed by atoms with Gasteiger partial charge in [-0.2, -0.15) is 0 Å². The lowest BCUT2D eigenvalue weighted by Gasteiger charge is -2.37. The molecule has 1 aliphatic carbocycles. The number of rotatable bonds is 4. The average molecular weight is 463 g/mol. The first-order valence-electron chi connectivity index (χ1n) is 12.5. The molecule has 2 aromatic rings. The smallest absolute Gasteiger partial charge is 0.324 e. The average Bonchev–Trinajstić information content (AvgIpc) is 3.28. The van der Waals surface area contributed by atoms with E-state index in [0.717, 1.165) is 42.0 Å². The summed E-state index contributed by atoms with van der Waals surface area (Å²) in [5, 5.41) is 16.1. The van der Waals surface area contributed by atoms with Gasteiger partial charge in [-0.25, -0.2) is 0 Å². The second-order valence-corrected chi connectivity index (χ2v) is 11.4. The fraction of sp³-hybridized carbons (Fsp3) is 0.536. The minimum absolute atomic E-state index is 0.232. The van der Waals surface area contributed by atoms with Crippen LogP contribution in [0.15, 0.2) is 42.5 Å². The molecule has 2 heterocycles. The Hall–Kier alpha value is -2.73. The van der Waals surface area contributed by atoms with E-state index in [0.29, 0.717) is 6.42 Å². The van der Waals surface area contributed by atoms with Gasteiger partial charge in [0.15, 0.2) is 0 Å². The molecule has 2 aromatic carbocycles. The van der Waals surface area contributed by atoms with Crippen LogP contribution in [0.4, 0.5) is 0 Å². The predicted molar refractivity (Wildman–Crippen MR) is 130 cm³/mol. The number of benzene rings is 2. The van der Waals surface area contributed by atoms with Crippen LogP contribution >= 0.6 is 0 Å². The van der Waals surface area contributed by atoms with Crippen LogP contribution in [0.5, 0.6) is 0 Å². The molecular weight excluding hydrogens is 428 g/mol. The number of amides is 2. The largest absolute Gasteiger partial charge is 0.480 e. The van der Waals surface area contributed by atoms with Crippen LogP contribution in [0.2, 0.25) is 0 Å². The third-order valence-electron chi connectivity index (χ3n) is 8.20. The number of aliphatic carboxylic acids is 1. The molecule has 0 aromatic heterocycles. The molecule has 6 nitrogen and oxygen atoms in total. The SMILES string of the molecule is CC(C)(C)N1C(=O)C2C(c3cccc4ccccc34)NC(CC3CCCCC3)(C(=O)O)C2C1=O. The van der Waals surface area contributed by atoms with Crippen LogP contribution in [-0.4, -0.2) is 38.9 Å². The minimum Gasteiger partial charge on any atom is -0.480 e. The Morgan fingerprint density at radius 2 is 1.71 bits per heavy atom. The molecule has 2 N–H and O–H groups in total. The number of nitrogens with one attached hydrogen (secondary N) is 1. The summed E-state index contributed by atoms with van der Waals surface area (Å²) in [6, 6.07) is 13.3. The van der Waals surface area contributed by atoms with E-state index in [1.54, 1.807) is 0 Å². The first-order valence-corrected chi connectivity index (χ1v) is 12.5. The fourth-order valence-electron chi connectivity index (χ4n) is 6.77. The molecule has 2 saturated heterocycles. The molecule has 0 radical (unpaired) electrons. The van der Waals surface area contributed by atoms with Gasteiger partial charge in [-0.3, -0.25) is 24.6 Å². The van der Waals surface area contributed by atoms with E-state index >= 15 is 0 Å². The van der Waals surface area contributed by atoms with Crippen molar-refractivity contribution in [3.05, 3.63) is 48.0 Å². The van der Waals surface area contributed by atoms with Crippen molar-refractivity contribution in [3.8, 4) is 0 Å². The first-order chi connectivity index (χ1) is 16.1. The van der Waals surface area contributed by atoms with E-state index in [1.807, 2.05) is 63.2 Å². The summed E-state index contributed by atoms with van der Waals surface area (Å²) in [6.45, 7) is 5.52. The maximum Gasteiger partial charge on any atom is 0.324 e. The molecule has 4 unspecified atom stereocenters. The summed E-state index contributed by atoms with van der Waals surface area (Å²) in [5.74, 6) is -3.06. The molecule has 1 saturated carbocycles. The third kappa shape index (κ3) is 3.46. The molecule has 2 amide bonds. The highest BCUT2D eigenvalue weighted by Crippen LogP contribution is 2.53. The predicted octanol–water partition coefficient (Wildman–Crippen LogP) is 4.68. The van der Waals surface area contributed by atoms with E-state index in [4.69, 9.17) is 0 Å². The summed E-state index contributed by atoms with van der Waals surface area (Å²) < 4.78 is 0. The molecule has 3 aliphatic rings. The topological polar surface area (TPSA) is 86.7 Å². The monoisotopic (exact) mass is 462 g/mol. The maximum absolute atomic E-state index is 13.8. The van der Waals surface area contributed by atoms with Gasteiger partial charge in [-0.05, 0) is 49.4 Å². The van der Waals surface area contributed by atoms with Gasteiger partial charge in [0.25, 0.3) is 0 Å². The molecule has 180 valence electrons. The molecular formula is C28H34N2O4. The minimum atomic E-state index is -1.46. The molecule has 5 rings (SSSR count). The number of likely N-dealkylation sites (tertiary alicyclic amines) is 1. The Balaban J connectivity index is 1.67. The van der Waals surface area contributed by atoms with Crippen molar-refractivity contribution in [2.24, 2.45) is 17.8 Å². The standard InChI is InChI=1S/C28H34N2O4/c1-27(2,3)30-24(31)21-22(25(30)32)28(26(33)34,16-17-10-5-4-6-11-17)29-23(21)20-15-9-13-18-12-7-8-14-19(18)20/h7-9,12-15,17,21-23,29H,4-6,10-11,16H2,1-3H3,(H,33,34). The maximum atomic E-state index is 13.8. The number of carbonyl (C=O) groups excluding carboxylic acids is 2. The fourth-order valence-corrected chi connectivity index (χ4v) is 6.77. The Morgan fingerprint density at radius 3 is 2.38 bits per heavy atom. The highest BCUT2D eigenvalue weighted by atomic mass is 16.4. The number of hydrogen-bond donors (Lipinski definition) is 2. The van der Waals surface area contributed by atoms with Crippen molar-refractivity contribution in [1.29, 1.82) is 0 Å². The van der Waals surface area contributed by atoms with Crippen LogP contribution in [0.3, 0.4) is 0 Å². The number of carboxylic acids is 1. The van der Waals surface area contributed by atoms with Gasteiger partial charge in [-0.1, -0.05) is 74.6 Å². The van der Waals surface area contributed by atoms with Crippen LogP contribution in [0.25, 0.3) is 10.8 Å². The summed E-state index contributed by atoms with van der Waals surface area (Å²) in [7, 11) is 0. The Bertz CT molecular complexity index is 1140. The highest BCUT2D eigenvalue weighted by Gasteiger charge is 2.69. The zero-order valence-electron chi connectivity index (χ0n) is 20.2. The van der Waals surface area contributed by atoms with Gasteiger partial charge < -0.3 is 5.11 Å². The van der Waals surface area contributed by atoms with E-state index in [9.17, 15) is 19.5 Å². The first kappa shape index (κ1) is 23.0. The van der Waals surface area contributed by atoms with Gasteiger partial charge >= 0.3 is 5.97 Å². The Morgan fingerprint density at radius 1 is 1.03 bits per heavy atom. The lowest BCUT2D eigenvalue weighted by atomic mass is 9.72. The lowest BCUT2D eigenvalue weighted by Crippen LogP contribution is -2.58. The van der Waals surface area contributed by atoms with Crippen LogP contribution in [0, 0.1) is 17.8 Å². The van der Waals surface area contributed by atoms with E-state index < -0.39 is 34.9 Å². The van der Waals surface area contributed by atoms with Gasteiger partial charge in [0, 0.05) is 11.6 Å². The number of carbonyl (C=O) groups is 3. The van der Waals surface area contributed by atoms with Gasteiger partial charge in [0.05, 0.1) is 11.8 Å². The van der Waals surface area contributed by atoms with Crippen molar-refractivity contribution in [2.45, 2.75) is 76.4 Å². The van der Waals surface area contributed by atoms with Gasteiger partial charge in [0.2, 0.25) is 11.8 Å². The van der Waals surface area contributed by atoms with Crippen molar-refractivity contribution in [1.82, 2.24) is 10.2 Å². The van der Waals surface area contributed by atoms with E-state index in [2.05, 4.69) is 5.32 Å². The van der Waals surface area contributed by atoms with Crippen molar-refractivity contribution in [3.63, 3.8) is 0 Å². The highest BCUT2D eigenvalue weighted by molar-refractivity contribution is 6.10. The number of fused-ring (bicyclic) bond motifs is 2. The zero-order valence-corrected chi connectivity index (χ0v) is 20.2. The molecule has 6 heteroatoms. The number of imide groups is 1. The lowest BCUT2D eigenvalue weighted by molar-refractivity contribution is -0.154.